The van der Waals surface area contributed by atoms with Crippen molar-refractivity contribution in [2.45, 2.75) is 51.5 Å². The van der Waals surface area contributed by atoms with Gasteiger partial charge in [-0.25, -0.2) is 0 Å². The van der Waals surface area contributed by atoms with Crippen molar-refractivity contribution >= 4 is 23.1 Å². The van der Waals surface area contributed by atoms with Crippen LogP contribution < -0.4 is 10.6 Å². The SMILES string of the molecule is CC[C@@H]1CC[C@@H](C(=O)Cc2cc(-c3cccc(NCC4CCOCC4)c3)c(Cl)cn2)CN1. The molecule has 6 heteroatoms. The van der Waals surface area contributed by atoms with Crippen molar-refractivity contribution in [1.82, 2.24) is 10.3 Å². The molecule has 2 atom stereocenters. The van der Waals surface area contributed by atoms with Gasteiger partial charge < -0.3 is 15.4 Å². The Bertz CT molecular complexity index is 906. The molecule has 32 heavy (non-hydrogen) atoms. The van der Waals surface area contributed by atoms with Gasteiger partial charge in [-0.05, 0) is 61.8 Å². The first-order valence-corrected chi connectivity index (χ1v) is 12.3. The first-order chi connectivity index (χ1) is 15.6. The lowest BCUT2D eigenvalue weighted by molar-refractivity contribution is -0.122. The molecule has 2 saturated heterocycles. The van der Waals surface area contributed by atoms with Gasteiger partial charge in [-0.2, -0.15) is 0 Å². The van der Waals surface area contributed by atoms with E-state index in [0.29, 0.717) is 23.4 Å². The Morgan fingerprint density at radius 3 is 2.81 bits per heavy atom. The fourth-order valence-corrected chi connectivity index (χ4v) is 4.88. The van der Waals surface area contributed by atoms with E-state index in [0.717, 1.165) is 80.9 Å². The van der Waals surface area contributed by atoms with Crippen molar-refractivity contribution in [3.8, 4) is 11.1 Å². The van der Waals surface area contributed by atoms with E-state index >= 15 is 0 Å². The minimum absolute atomic E-state index is 0.0800. The number of carbonyl (C=O) groups excluding carboxylic acids is 1. The Morgan fingerprint density at radius 1 is 1.22 bits per heavy atom. The van der Waals surface area contributed by atoms with Crippen LogP contribution in [0, 0.1) is 11.8 Å². The highest BCUT2D eigenvalue weighted by Gasteiger charge is 2.25. The van der Waals surface area contributed by atoms with Crippen molar-refractivity contribution in [3.05, 3.63) is 47.2 Å². The maximum atomic E-state index is 12.9. The van der Waals surface area contributed by atoms with Gasteiger partial charge in [-0.3, -0.25) is 9.78 Å². The Morgan fingerprint density at radius 2 is 2.06 bits per heavy atom. The zero-order chi connectivity index (χ0) is 22.3. The summed E-state index contributed by atoms with van der Waals surface area (Å²) in [6.07, 6.45) is 7.39. The molecule has 172 valence electrons. The largest absolute Gasteiger partial charge is 0.385 e. The van der Waals surface area contributed by atoms with Crippen LogP contribution in [-0.4, -0.2) is 43.1 Å². The van der Waals surface area contributed by atoms with Crippen LogP contribution in [-0.2, 0) is 16.0 Å². The lowest BCUT2D eigenvalue weighted by Gasteiger charge is -2.28. The summed E-state index contributed by atoms with van der Waals surface area (Å²) in [7, 11) is 0. The van der Waals surface area contributed by atoms with Crippen LogP contribution in [0.15, 0.2) is 36.5 Å². The van der Waals surface area contributed by atoms with Gasteiger partial charge in [0.1, 0.15) is 5.78 Å². The second-order valence-electron chi connectivity index (χ2n) is 9.10. The summed E-state index contributed by atoms with van der Waals surface area (Å²) in [4.78, 5) is 17.3. The number of anilines is 1. The highest BCUT2D eigenvalue weighted by molar-refractivity contribution is 6.33. The molecule has 5 nitrogen and oxygen atoms in total. The van der Waals surface area contributed by atoms with E-state index in [2.05, 4.69) is 40.7 Å². The van der Waals surface area contributed by atoms with Crippen molar-refractivity contribution in [3.63, 3.8) is 0 Å². The molecule has 0 amide bonds. The Balaban J connectivity index is 1.41. The molecular weight excluding hydrogens is 422 g/mol. The molecule has 0 bridgehead atoms. The molecule has 1 aromatic heterocycles. The topological polar surface area (TPSA) is 63.2 Å². The number of piperidine rings is 1. The number of ketones is 1. The number of hydrogen-bond donors (Lipinski definition) is 2. The van der Waals surface area contributed by atoms with E-state index in [1.54, 1.807) is 6.20 Å². The van der Waals surface area contributed by atoms with Crippen molar-refractivity contribution in [2.75, 3.05) is 31.6 Å². The summed E-state index contributed by atoms with van der Waals surface area (Å²) in [5.74, 6) is 0.993. The number of benzene rings is 1. The van der Waals surface area contributed by atoms with Crippen LogP contribution in [0.1, 0.15) is 44.7 Å². The van der Waals surface area contributed by atoms with Gasteiger partial charge >= 0.3 is 0 Å². The van der Waals surface area contributed by atoms with Gasteiger partial charge in [0.2, 0.25) is 0 Å². The van der Waals surface area contributed by atoms with Gasteiger partial charge in [-0.15, -0.1) is 0 Å². The van der Waals surface area contributed by atoms with E-state index in [1.807, 2.05) is 12.1 Å². The number of hydrogen-bond acceptors (Lipinski definition) is 5. The van der Waals surface area contributed by atoms with E-state index in [4.69, 9.17) is 16.3 Å². The lowest BCUT2D eigenvalue weighted by Crippen LogP contribution is -2.41. The van der Waals surface area contributed by atoms with Crippen LogP contribution >= 0.6 is 11.6 Å². The monoisotopic (exact) mass is 455 g/mol. The van der Waals surface area contributed by atoms with Crippen molar-refractivity contribution < 1.29 is 9.53 Å². The number of rotatable bonds is 8. The van der Waals surface area contributed by atoms with Gasteiger partial charge in [0.05, 0.1) is 5.02 Å². The summed E-state index contributed by atoms with van der Waals surface area (Å²) >= 11 is 6.51. The Hall–Kier alpha value is -1.95. The van der Waals surface area contributed by atoms with Crippen molar-refractivity contribution in [2.24, 2.45) is 11.8 Å². The van der Waals surface area contributed by atoms with Gasteiger partial charge in [-0.1, -0.05) is 30.7 Å². The minimum Gasteiger partial charge on any atom is -0.385 e. The number of aromatic nitrogens is 1. The molecule has 0 saturated carbocycles. The molecule has 0 aliphatic carbocycles. The highest BCUT2D eigenvalue weighted by atomic mass is 35.5. The van der Waals surface area contributed by atoms with Crippen LogP contribution in [0.4, 0.5) is 5.69 Å². The number of halogens is 1. The third-order valence-electron chi connectivity index (χ3n) is 6.84. The second-order valence-corrected chi connectivity index (χ2v) is 9.51. The van der Waals surface area contributed by atoms with Crippen LogP contribution in [0.5, 0.6) is 0 Å². The molecule has 2 fully saturated rings. The average Bonchev–Trinajstić information content (AvgIpc) is 2.85. The predicted octanol–water partition coefficient (Wildman–Crippen LogP) is 5.13. The van der Waals surface area contributed by atoms with Crippen molar-refractivity contribution in [1.29, 1.82) is 0 Å². The molecule has 2 N–H and O–H groups in total. The van der Waals surface area contributed by atoms with E-state index in [9.17, 15) is 4.79 Å². The summed E-state index contributed by atoms with van der Waals surface area (Å²) in [5, 5.41) is 7.67. The molecule has 4 rings (SSSR count). The summed E-state index contributed by atoms with van der Waals surface area (Å²) in [6.45, 7) is 5.63. The summed E-state index contributed by atoms with van der Waals surface area (Å²) in [6, 6.07) is 10.8. The quantitative estimate of drug-likeness (QED) is 0.577. The first kappa shape index (κ1) is 23.2. The van der Waals surface area contributed by atoms with Gasteiger partial charge in [0.25, 0.3) is 0 Å². The average molecular weight is 456 g/mol. The fraction of sp³-hybridized carbons (Fsp3) is 0.538. The predicted molar refractivity (Wildman–Crippen MR) is 130 cm³/mol. The molecular formula is C26H34ClN3O2. The normalized spacial score (nSPS) is 21.9. The third-order valence-corrected chi connectivity index (χ3v) is 7.14. The standard InChI is InChI=1S/C26H34ClN3O2/c1-2-21-7-6-20(16-29-21)26(31)14-23-13-24(25(27)17-30-23)19-4-3-5-22(12-19)28-15-18-8-10-32-11-9-18/h3-5,12-13,17-18,20-21,28-29H,2,6-11,14-16H2,1H3/t20-,21-/m1/s1. The fourth-order valence-electron chi connectivity index (χ4n) is 4.67. The lowest BCUT2D eigenvalue weighted by atomic mass is 9.88. The number of ether oxygens (including phenoxy) is 1. The van der Waals surface area contributed by atoms with E-state index in [1.165, 1.54) is 0 Å². The number of Topliss-reactive ketones (excluding diaryl/α,β-unsaturated/α-hetero) is 1. The summed E-state index contributed by atoms with van der Waals surface area (Å²) < 4.78 is 5.45. The molecule has 2 aliphatic rings. The zero-order valence-corrected chi connectivity index (χ0v) is 19.7. The number of carbonyl (C=O) groups is 1. The maximum absolute atomic E-state index is 12.9. The Kier molecular flexibility index (Phi) is 8.17. The number of pyridine rings is 1. The molecule has 2 aliphatic heterocycles. The molecule has 1 aromatic carbocycles. The zero-order valence-electron chi connectivity index (χ0n) is 18.9. The summed E-state index contributed by atoms with van der Waals surface area (Å²) in [5.41, 5.74) is 3.83. The second kappa shape index (κ2) is 11.3. The van der Waals surface area contributed by atoms with E-state index in [-0.39, 0.29) is 11.7 Å². The smallest absolute Gasteiger partial charge is 0.143 e. The molecule has 2 aromatic rings. The maximum Gasteiger partial charge on any atom is 0.143 e. The van der Waals surface area contributed by atoms with E-state index < -0.39 is 0 Å². The number of nitrogens with one attached hydrogen (secondary N) is 2. The Labute approximate surface area is 196 Å². The molecule has 0 unspecified atom stereocenters. The van der Waals surface area contributed by atoms with Crippen LogP contribution in [0.25, 0.3) is 11.1 Å². The van der Waals surface area contributed by atoms with Crippen LogP contribution in [0.2, 0.25) is 5.02 Å². The molecule has 0 radical (unpaired) electrons. The van der Waals surface area contributed by atoms with Gasteiger partial charge in [0.15, 0.2) is 0 Å². The first-order valence-electron chi connectivity index (χ1n) is 11.9. The number of nitrogens with zero attached hydrogens (tertiary/aromatic N) is 1. The third kappa shape index (κ3) is 6.09. The van der Waals surface area contributed by atoms with Gasteiger partial charge in [0, 0.05) is 67.8 Å². The van der Waals surface area contributed by atoms with Crippen LogP contribution in [0.3, 0.4) is 0 Å². The highest BCUT2D eigenvalue weighted by Crippen LogP contribution is 2.30. The molecule has 3 heterocycles. The minimum atomic E-state index is 0.0800. The molecule has 0 spiro atoms.